The third-order valence-electron chi connectivity index (χ3n) is 2.89. The fourth-order valence-electron chi connectivity index (χ4n) is 1.84. The third-order valence-corrected chi connectivity index (χ3v) is 3.13. The minimum Gasteiger partial charge on any atom is -0.504 e. The average molecular weight is 295 g/mol. The van der Waals surface area contributed by atoms with Crippen molar-refractivity contribution in [1.82, 2.24) is 10.7 Å². The predicted octanol–water partition coefficient (Wildman–Crippen LogP) is 1.07. The molecule has 4 N–H and O–H groups in total. The summed E-state index contributed by atoms with van der Waals surface area (Å²) in [6, 6.07) is 4.43. The first kappa shape index (κ1) is 14.5. The van der Waals surface area contributed by atoms with Gasteiger partial charge in [0.15, 0.2) is 16.6 Å². The molecule has 1 fully saturated rings. The van der Waals surface area contributed by atoms with Gasteiger partial charge >= 0.3 is 0 Å². The second kappa shape index (κ2) is 7.06. The van der Waals surface area contributed by atoms with Crippen molar-refractivity contribution in [2.24, 2.45) is 5.10 Å². The molecule has 20 heavy (non-hydrogen) atoms. The number of benzene rings is 1. The van der Waals surface area contributed by atoms with E-state index in [2.05, 4.69) is 15.8 Å². The van der Waals surface area contributed by atoms with Gasteiger partial charge in [0.25, 0.3) is 0 Å². The topological polar surface area (TPSA) is 86.1 Å². The van der Waals surface area contributed by atoms with Crippen molar-refractivity contribution in [2.75, 3.05) is 13.2 Å². The Labute approximate surface area is 122 Å². The van der Waals surface area contributed by atoms with Crippen LogP contribution in [0.15, 0.2) is 23.3 Å². The molecule has 0 bridgehead atoms. The quantitative estimate of drug-likeness (QED) is 0.288. The van der Waals surface area contributed by atoms with E-state index in [1.54, 1.807) is 6.07 Å². The van der Waals surface area contributed by atoms with Crippen LogP contribution in [0.5, 0.6) is 11.5 Å². The van der Waals surface area contributed by atoms with Gasteiger partial charge in [-0.1, -0.05) is 0 Å². The number of hydrazone groups is 1. The van der Waals surface area contributed by atoms with Crippen LogP contribution in [0.2, 0.25) is 0 Å². The lowest BCUT2D eigenvalue weighted by Crippen LogP contribution is -2.37. The van der Waals surface area contributed by atoms with Crippen molar-refractivity contribution in [1.29, 1.82) is 0 Å². The molecule has 1 heterocycles. The predicted molar refractivity (Wildman–Crippen MR) is 80.1 cm³/mol. The van der Waals surface area contributed by atoms with Gasteiger partial charge in [0.1, 0.15) is 0 Å². The number of rotatable bonds is 4. The Balaban J connectivity index is 1.74. The van der Waals surface area contributed by atoms with Gasteiger partial charge in [-0.15, -0.1) is 0 Å². The molecule has 7 heteroatoms. The van der Waals surface area contributed by atoms with Crippen LogP contribution < -0.4 is 10.7 Å². The minimum absolute atomic E-state index is 0.163. The van der Waals surface area contributed by atoms with Gasteiger partial charge in [0.2, 0.25) is 0 Å². The Morgan fingerprint density at radius 2 is 2.30 bits per heavy atom. The SMILES string of the molecule is Oc1ccc(/C=N/NC(=S)NC[C@@H]2CCCO2)cc1O. The van der Waals surface area contributed by atoms with Gasteiger partial charge in [0.05, 0.1) is 12.3 Å². The van der Waals surface area contributed by atoms with E-state index >= 15 is 0 Å². The highest BCUT2D eigenvalue weighted by Crippen LogP contribution is 2.23. The summed E-state index contributed by atoms with van der Waals surface area (Å²) in [6.07, 6.45) is 3.85. The summed E-state index contributed by atoms with van der Waals surface area (Å²) in [4.78, 5) is 0. The lowest BCUT2D eigenvalue weighted by molar-refractivity contribution is 0.114. The normalized spacial score (nSPS) is 18.3. The molecular formula is C13H17N3O3S. The molecule has 1 aromatic carbocycles. The molecule has 2 rings (SSSR count). The molecule has 0 radical (unpaired) electrons. The summed E-state index contributed by atoms with van der Waals surface area (Å²) in [7, 11) is 0. The van der Waals surface area contributed by atoms with Crippen molar-refractivity contribution in [3.63, 3.8) is 0 Å². The van der Waals surface area contributed by atoms with Crippen molar-refractivity contribution in [3.05, 3.63) is 23.8 Å². The van der Waals surface area contributed by atoms with E-state index < -0.39 is 0 Å². The summed E-state index contributed by atoms with van der Waals surface area (Å²) in [5.74, 6) is -0.350. The maximum atomic E-state index is 9.33. The molecule has 0 aliphatic carbocycles. The highest BCUT2D eigenvalue weighted by atomic mass is 32.1. The van der Waals surface area contributed by atoms with E-state index in [0.29, 0.717) is 17.2 Å². The molecule has 1 atom stereocenters. The summed E-state index contributed by atoms with van der Waals surface area (Å²) < 4.78 is 5.46. The van der Waals surface area contributed by atoms with Crippen molar-refractivity contribution >= 4 is 23.5 Å². The fraction of sp³-hybridized carbons (Fsp3) is 0.385. The zero-order chi connectivity index (χ0) is 14.4. The molecule has 0 saturated carbocycles. The summed E-state index contributed by atoms with van der Waals surface area (Å²) in [5, 5.41) is 25.9. The van der Waals surface area contributed by atoms with Gasteiger partial charge in [-0.05, 0) is 48.8 Å². The van der Waals surface area contributed by atoms with E-state index in [0.717, 1.165) is 19.4 Å². The Kier molecular flexibility index (Phi) is 5.14. The second-order valence-corrected chi connectivity index (χ2v) is 4.87. The molecule has 1 aromatic rings. The van der Waals surface area contributed by atoms with Crippen LogP contribution in [-0.4, -0.2) is 40.8 Å². The Morgan fingerprint density at radius 3 is 3.00 bits per heavy atom. The molecular weight excluding hydrogens is 278 g/mol. The number of nitrogens with one attached hydrogen (secondary N) is 2. The Bertz CT molecular complexity index is 502. The highest BCUT2D eigenvalue weighted by molar-refractivity contribution is 7.80. The maximum Gasteiger partial charge on any atom is 0.187 e. The number of hydrogen-bond acceptors (Lipinski definition) is 5. The van der Waals surface area contributed by atoms with Crippen LogP contribution >= 0.6 is 12.2 Å². The number of nitrogens with zero attached hydrogens (tertiary/aromatic N) is 1. The maximum absolute atomic E-state index is 9.33. The summed E-state index contributed by atoms with van der Waals surface area (Å²) in [5.41, 5.74) is 3.33. The van der Waals surface area contributed by atoms with Crippen LogP contribution in [0.4, 0.5) is 0 Å². The van der Waals surface area contributed by atoms with Crippen LogP contribution in [-0.2, 0) is 4.74 Å². The zero-order valence-electron chi connectivity index (χ0n) is 10.9. The molecule has 1 saturated heterocycles. The van der Waals surface area contributed by atoms with Crippen molar-refractivity contribution in [3.8, 4) is 11.5 Å². The molecule has 0 amide bonds. The lowest BCUT2D eigenvalue weighted by Gasteiger charge is -2.11. The van der Waals surface area contributed by atoms with Gasteiger partial charge in [-0.25, -0.2) is 0 Å². The number of phenolic OH excluding ortho intramolecular Hbond substituents is 2. The van der Waals surface area contributed by atoms with E-state index in [1.807, 2.05) is 0 Å². The van der Waals surface area contributed by atoms with Crippen LogP contribution in [0.3, 0.4) is 0 Å². The summed E-state index contributed by atoms with van der Waals surface area (Å²) in [6.45, 7) is 1.48. The fourth-order valence-corrected chi connectivity index (χ4v) is 1.97. The number of thiocarbonyl (C=S) groups is 1. The second-order valence-electron chi connectivity index (χ2n) is 4.46. The van der Waals surface area contributed by atoms with Gasteiger partial charge in [-0.2, -0.15) is 5.10 Å². The van der Waals surface area contributed by atoms with Gasteiger partial charge < -0.3 is 20.3 Å². The number of hydrogen-bond donors (Lipinski definition) is 4. The zero-order valence-corrected chi connectivity index (χ0v) is 11.7. The number of aromatic hydroxyl groups is 2. The minimum atomic E-state index is -0.187. The van der Waals surface area contributed by atoms with Gasteiger partial charge in [0, 0.05) is 13.2 Å². The highest BCUT2D eigenvalue weighted by Gasteiger charge is 2.14. The molecule has 0 aromatic heterocycles. The molecule has 0 unspecified atom stereocenters. The number of phenols is 2. The molecule has 1 aliphatic rings. The third kappa shape index (κ3) is 4.36. The molecule has 0 spiro atoms. The Hall–Kier alpha value is -1.86. The first-order valence-electron chi connectivity index (χ1n) is 6.35. The van der Waals surface area contributed by atoms with Gasteiger partial charge in [-0.3, -0.25) is 5.43 Å². The van der Waals surface area contributed by atoms with E-state index in [-0.39, 0.29) is 17.6 Å². The summed E-state index contributed by atoms with van der Waals surface area (Å²) >= 11 is 5.07. The Morgan fingerprint density at radius 1 is 1.45 bits per heavy atom. The van der Waals surface area contributed by atoms with E-state index in [4.69, 9.17) is 17.0 Å². The lowest BCUT2D eigenvalue weighted by atomic mass is 10.2. The largest absolute Gasteiger partial charge is 0.504 e. The van der Waals surface area contributed by atoms with Crippen LogP contribution in [0.25, 0.3) is 0 Å². The van der Waals surface area contributed by atoms with Crippen molar-refractivity contribution < 1.29 is 14.9 Å². The first-order chi connectivity index (χ1) is 9.65. The van der Waals surface area contributed by atoms with Crippen molar-refractivity contribution in [2.45, 2.75) is 18.9 Å². The number of ether oxygens (including phenoxy) is 1. The molecule has 108 valence electrons. The van der Waals surface area contributed by atoms with Crippen LogP contribution in [0, 0.1) is 0 Å². The molecule has 1 aliphatic heterocycles. The molecule has 6 nitrogen and oxygen atoms in total. The smallest absolute Gasteiger partial charge is 0.187 e. The first-order valence-corrected chi connectivity index (χ1v) is 6.76. The van der Waals surface area contributed by atoms with Crippen LogP contribution in [0.1, 0.15) is 18.4 Å². The van der Waals surface area contributed by atoms with E-state index in [1.165, 1.54) is 18.3 Å². The van der Waals surface area contributed by atoms with E-state index in [9.17, 15) is 10.2 Å². The standard InChI is InChI=1S/C13H17N3O3S/c17-11-4-3-9(6-12(11)18)7-15-16-13(20)14-8-10-2-1-5-19-10/h3-4,6-7,10,17-18H,1-2,5,8H2,(H2,14,16,20)/b15-7+/t10-/m0/s1. The average Bonchev–Trinajstić information content (AvgIpc) is 2.94. The monoisotopic (exact) mass is 295 g/mol.